The summed E-state index contributed by atoms with van der Waals surface area (Å²) in [6, 6.07) is 0.392. The number of morpholine rings is 1. The van der Waals surface area contributed by atoms with Crippen molar-refractivity contribution in [3.8, 4) is 0 Å². The molecule has 1 rings (SSSR count). The molecular weight excluding hydrogens is 449 g/mol. The van der Waals surface area contributed by atoms with Gasteiger partial charge in [0.05, 0.1) is 19.8 Å². The zero-order valence-corrected chi connectivity index (χ0v) is 19.1. The fraction of sp³-hybridized carbons (Fsp3) is 0.882. The number of amides is 1. The molecule has 154 valence electrons. The van der Waals surface area contributed by atoms with Crippen LogP contribution in [0.15, 0.2) is 4.99 Å². The second kappa shape index (κ2) is 14.4. The van der Waals surface area contributed by atoms with Crippen molar-refractivity contribution < 1.29 is 14.3 Å². The summed E-state index contributed by atoms with van der Waals surface area (Å²) in [6.07, 6.45) is 0. The lowest BCUT2D eigenvalue weighted by molar-refractivity contribution is -0.127. The van der Waals surface area contributed by atoms with Gasteiger partial charge in [-0.2, -0.15) is 0 Å². The molecule has 1 atom stereocenters. The molecule has 0 aromatic carbocycles. The maximum Gasteiger partial charge on any atom is 0.243 e. The van der Waals surface area contributed by atoms with Crippen LogP contribution in [0.3, 0.4) is 0 Å². The number of hydrogen-bond donors (Lipinski definition) is 2. The third kappa shape index (κ3) is 9.89. The molecule has 0 aromatic heterocycles. The fourth-order valence-corrected chi connectivity index (χ4v) is 2.63. The van der Waals surface area contributed by atoms with Gasteiger partial charge in [0.1, 0.15) is 6.54 Å². The Morgan fingerprint density at radius 1 is 1.27 bits per heavy atom. The molecule has 0 bridgehead atoms. The van der Waals surface area contributed by atoms with Gasteiger partial charge in [-0.05, 0) is 5.92 Å². The minimum Gasteiger partial charge on any atom is -0.383 e. The molecule has 2 N–H and O–H groups in total. The second-order valence-corrected chi connectivity index (χ2v) is 6.71. The van der Waals surface area contributed by atoms with E-state index >= 15 is 0 Å². The number of methoxy groups -OCH3 is 1. The maximum absolute atomic E-state index is 11.8. The summed E-state index contributed by atoms with van der Waals surface area (Å²) in [7, 11) is 5.13. The molecule has 0 radical (unpaired) electrons. The Labute approximate surface area is 175 Å². The number of nitrogens with one attached hydrogen (secondary N) is 2. The van der Waals surface area contributed by atoms with Crippen LogP contribution in [0.5, 0.6) is 0 Å². The quantitative estimate of drug-likeness (QED) is 0.211. The van der Waals surface area contributed by atoms with Gasteiger partial charge in [0.15, 0.2) is 5.96 Å². The zero-order chi connectivity index (χ0) is 18.7. The smallest absolute Gasteiger partial charge is 0.243 e. The van der Waals surface area contributed by atoms with E-state index in [1.165, 1.54) is 0 Å². The SMILES string of the molecule is COCCNC(=NCC(=O)N(C)C)NCC(C(C)C)N1CCOCC1.I. The van der Waals surface area contributed by atoms with Gasteiger partial charge in [-0.15, -0.1) is 24.0 Å². The molecule has 0 saturated carbocycles. The van der Waals surface area contributed by atoms with Gasteiger partial charge in [-0.25, -0.2) is 4.99 Å². The first-order valence-corrected chi connectivity index (χ1v) is 8.98. The number of carbonyl (C=O) groups is 1. The molecule has 0 aromatic rings. The van der Waals surface area contributed by atoms with E-state index < -0.39 is 0 Å². The zero-order valence-electron chi connectivity index (χ0n) is 16.8. The van der Waals surface area contributed by atoms with E-state index in [0.29, 0.717) is 31.1 Å². The van der Waals surface area contributed by atoms with Crippen molar-refractivity contribution in [3.63, 3.8) is 0 Å². The number of likely N-dealkylation sites (N-methyl/N-ethyl adjacent to an activating group) is 1. The van der Waals surface area contributed by atoms with Crippen LogP contribution in [-0.4, -0.2) is 101 Å². The Morgan fingerprint density at radius 3 is 2.46 bits per heavy atom. The van der Waals surface area contributed by atoms with E-state index in [2.05, 4.69) is 34.4 Å². The Bertz CT molecular complexity index is 415. The highest BCUT2D eigenvalue weighted by molar-refractivity contribution is 14.0. The van der Waals surface area contributed by atoms with Crippen LogP contribution in [0.1, 0.15) is 13.8 Å². The van der Waals surface area contributed by atoms with Crippen LogP contribution in [0, 0.1) is 5.92 Å². The molecule has 26 heavy (non-hydrogen) atoms. The van der Waals surface area contributed by atoms with Crippen molar-refractivity contribution >= 4 is 35.8 Å². The minimum atomic E-state index is -0.0265. The summed E-state index contributed by atoms with van der Waals surface area (Å²) in [5, 5.41) is 6.59. The Kier molecular flexibility index (Phi) is 14.1. The molecule has 1 amide bonds. The number of hydrogen-bond acceptors (Lipinski definition) is 5. The van der Waals surface area contributed by atoms with Crippen LogP contribution in [0.2, 0.25) is 0 Å². The molecular formula is C17H36IN5O3. The monoisotopic (exact) mass is 485 g/mol. The number of rotatable bonds is 9. The third-order valence-electron chi connectivity index (χ3n) is 4.23. The molecule has 1 heterocycles. The lowest BCUT2D eigenvalue weighted by Crippen LogP contribution is -2.53. The number of carbonyl (C=O) groups excluding carboxylic acids is 1. The first-order chi connectivity index (χ1) is 12.0. The first kappa shape index (κ1) is 25.4. The van der Waals surface area contributed by atoms with Crippen LogP contribution in [0.25, 0.3) is 0 Å². The topological polar surface area (TPSA) is 78.4 Å². The molecule has 8 nitrogen and oxygen atoms in total. The average molecular weight is 485 g/mol. The Balaban J connectivity index is 0.00000625. The average Bonchev–Trinajstić information content (AvgIpc) is 2.59. The van der Waals surface area contributed by atoms with Gasteiger partial charge in [0, 0.05) is 53.4 Å². The predicted molar refractivity (Wildman–Crippen MR) is 115 cm³/mol. The number of guanidine groups is 1. The molecule has 1 saturated heterocycles. The van der Waals surface area contributed by atoms with Gasteiger partial charge in [0.25, 0.3) is 0 Å². The summed E-state index contributed by atoms with van der Waals surface area (Å²) in [5.74, 6) is 1.13. The number of halogens is 1. The minimum absolute atomic E-state index is 0. The summed E-state index contributed by atoms with van der Waals surface area (Å²) in [5.41, 5.74) is 0. The van der Waals surface area contributed by atoms with Gasteiger partial charge >= 0.3 is 0 Å². The van der Waals surface area contributed by atoms with Crippen molar-refractivity contribution in [2.75, 3.05) is 73.7 Å². The van der Waals surface area contributed by atoms with E-state index in [1.54, 1.807) is 26.1 Å². The summed E-state index contributed by atoms with van der Waals surface area (Å²) >= 11 is 0. The standard InChI is InChI=1S/C17H35N5O3.HI/c1-14(2)15(22-7-10-25-11-8-22)12-19-17(18-6-9-24-5)20-13-16(23)21(3)4;/h14-15H,6-13H2,1-5H3,(H2,18,19,20);1H. The van der Waals surface area contributed by atoms with Crippen molar-refractivity contribution in [2.45, 2.75) is 19.9 Å². The normalized spacial score (nSPS) is 16.8. The molecule has 0 aliphatic carbocycles. The van der Waals surface area contributed by atoms with Crippen LogP contribution in [0.4, 0.5) is 0 Å². The largest absolute Gasteiger partial charge is 0.383 e. The van der Waals surface area contributed by atoms with E-state index in [4.69, 9.17) is 9.47 Å². The molecule has 1 fully saturated rings. The van der Waals surface area contributed by atoms with Crippen molar-refractivity contribution in [1.82, 2.24) is 20.4 Å². The third-order valence-corrected chi connectivity index (χ3v) is 4.23. The van der Waals surface area contributed by atoms with Gasteiger partial charge in [-0.1, -0.05) is 13.8 Å². The summed E-state index contributed by atoms with van der Waals surface area (Å²) < 4.78 is 10.5. The first-order valence-electron chi connectivity index (χ1n) is 8.98. The number of nitrogens with zero attached hydrogens (tertiary/aromatic N) is 3. The highest BCUT2D eigenvalue weighted by Gasteiger charge is 2.23. The van der Waals surface area contributed by atoms with E-state index in [1.807, 2.05) is 0 Å². The predicted octanol–water partition coefficient (Wildman–Crippen LogP) is 0.231. The van der Waals surface area contributed by atoms with Crippen LogP contribution >= 0.6 is 24.0 Å². The lowest BCUT2D eigenvalue weighted by Gasteiger charge is -2.37. The Morgan fingerprint density at radius 2 is 1.92 bits per heavy atom. The maximum atomic E-state index is 11.8. The van der Waals surface area contributed by atoms with E-state index in [9.17, 15) is 4.79 Å². The number of ether oxygens (including phenoxy) is 2. The second-order valence-electron chi connectivity index (χ2n) is 6.71. The van der Waals surface area contributed by atoms with E-state index in [0.717, 1.165) is 32.8 Å². The highest BCUT2D eigenvalue weighted by atomic mass is 127. The molecule has 0 spiro atoms. The molecule has 1 unspecified atom stereocenters. The van der Waals surface area contributed by atoms with Gasteiger partial charge in [-0.3, -0.25) is 9.69 Å². The number of aliphatic imine (C=N–C) groups is 1. The van der Waals surface area contributed by atoms with Crippen molar-refractivity contribution in [2.24, 2.45) is 10.9 Å². The highest BCUT2D eigenvalue weighted by Crippen LogP contribution is 2.12. The lowest BCUT2D eigenvalue weighted by atomic mass is 10.0. The van der Waals surface area contributed by atoms with Crippen molar-refractivity contribution in [1.29, 1.82) is 0 Å². The van der Waals surface area contributed by atoms with Crippen LogP contribution in [-0.2, 0) is 14.3 Å². The van der Waals surface area contributed by atoms with Crippen LogP contribution < -0.4 is 10.6 Å². The summed E-state index contributed by atoms with van der Waals surface area (Å²) in [6.45, 7) is 10.0. The molecule has 1 aliphatic heterocycles. The molecule has 9 heteroatoms. The van der Waals surface area contributed by atoms with Crippen molar-refractivity contribution in [3.05, 3.63) is 0 Å². The Hall–Kier alpha value is -0.650. The summed E-state index contributed by atoms with van der Waals surface area (Å²) in [4.78, 5) is 20.2. The van der Waals surface area contributed by atoms with E-state index in [-0.39, 0.29) is 36.4 Å². The fourth-order valence-electron chi connectivity index (χ4n) is 2.63. The van der Waals surface area contributed by atoms with Gasteiger partial charge in [0.2, 0.25) is 5.91 Å². The molecule has 1 aliphatic rings. The van der Waals surface area contributed by atoms with Gasteiger partial charge < -0.3 is 25.0 Å².